The van der Waals surface area contributed by atoms with Crippen LogP contribution in [0.3, 0.4) is 0 Å². The molecule has 1 aromatic heterocycles. The zero-order valence-electron chi connectivity index (χ0n) is 11.9. The minimum Gasteiger partial charge on any atom is -0.383 e. The second-order valence-corrected chi connectivity index (χ2v) is 5.11. The Labute approximate surface area is 110 Å². The number of rotatable bonds is 7. The minimum atomic E-state index is -0.127. The summed E-state index contributed by atoms with van der Waals surface area (Å²) in [7, 11) is 3.83. The smallest absolute Gasteiger partial charge is 0.0661 e. The van der Waals surface area contributed by atoms with Crippen molar-refractivity contribution in [2.45, 2.75) is 25.9 Å². The van der Waals surface area contributed by atoms with Crippen LogP contribution >= 0.6 is 0 Å². The molecule has 0 radical (unpaired) electrons. The van der Waals surface area contributed by atoms with Crippen LogP contribution in [-0.4, -0.2) is 42.7 Å². The number of pyridine rings is 1. The summed E-state index contributed by atoms with van der Waals surface area (Å²) in [6.45, 7) is 6.45. The molecule has 0 aliphatic carbocycles. The van der Waals surface area contributed by atoms with Gasteiger partial charge in [-0.15, -0.1) is 0 Å². The van der Waals surface area contributed by atoms with E-state index in [0.717, 1.165) is 6.54 Å². The number of hydrogen-bond acceptors (Lipinski definition) is 4. The molecule has 0 saturated heterocycles. The third-order valence-corrected chi connectivity index (χ3v) is 3.75. The van der Waals surface area contributed by atoms with Gasteiger partial charge >= 0.3 is 0 Å². The highest BCUT2D eigenvalue weighted by molar-refractivity contribution is 5.10. The molecule has 1 aromatic rings. The van der Waals surface area contributed by atoms with Crippen molar-refractivity contribution in [2.24, 2.45) is 11.7 Å². The van der Waals surface area contributed by atoms with E-state index in [1.165, 1.54) is 5.56 Å². The van der Waals surface area contributed by atoms with Crippen molar-refractivity contribution in [1.82, 2.24) is 9.88 Å². The van der Waals surface area contributed by atoms with Crippen LogP contribution < -0.4 is 5.73 Å². The molecule has 0 aromatic carbocycles. The summed E-state index contributed by atoms with van der Waals surface area (Å²) in [4.78, 5) is 6.33. The molecular formula is C14H25N3O. The molecule has 0 fully saturated rings. The number of hydrogen-bond donors (Lipinski definition) is 1. The van der Waals surface area contributed by atoms with E-state index in [1.54, 1.807) is 7.11 Å². The third kappa shape index (κ3) is 3.28. The summed E-state index contributed by atoms with van der Waals surface area (Å²) in [6, 6.07) is 4.07. The fraction of sp³-hybridized carbons (Fsp3) is 0.643. The van der Waals surface area contributed by atoms with Gasteiger partial charge in [0, 0.05) is 32.6 Å². The van der Waals surface area contributed by atoms with Crippen molar-refractivity contribution in [3.63, 3.8) is 0 Å². The van der Waals surface area contributed by atoms with Gasteiger partial charge in [0.1, 0.15) is 0 Å². The van der Waals surface area contributed by atoms with E-state index in [1.807, 2.05) is 24.5 Å². The molecular weight excluding hydrogens is 226 g/mol. The van der Waals surface area contributed by atoms with Crippen molar-refractivity contribution in [2.75, 3.05) is 27.3 Å². The van der Waals surface area contributed by atoms with Gasteiger partial charge in [-0.2, -0.15) is 0 Å². The van der Waals surface area contributed by atoms with Gasteiger partial charge < -0.3 is 10.5 Å². The molecule has 102 valence electrons. The van der Waals surface area contributed by atoms with Crippen molar-refractivity contribution >= 4 is 0 Å². The summed E-state index contributed by atoms with van der Waals surface area (Å²) in [5, 5.41) is 0. The van der Waals surface area contributed by atoms with Crippen LogP contribution in [0.5, 0.6) is 0 Å². The Hall–Kier alpha value is -0.970. The Morgan fingerprint density at radius 2 is 2.00 bits per heavy atom. The molecule has 18 heavy (non-hydrogen) atoms. The van der Waals surface area contributed by atoms with E-state index in [4.69, 9.17) is 10.5 Å². The third-order valence-electron chi connectivity index (χ3n) is 3.75. The Kier molecular flexibility index (Phi) is 5.72. The Morgan fingerprint density at radius 1 is 1.39 bits per heavy atom. The molecule has 2 N–H and O–H groups in total. The molecule has 0 aliphatic heterocycles. The van der Waals surface area contributed by atoms with E-state index >= 15 is 0 Å². The monoisotopic (exact) mass is 251 g/mol. The van der Waals surface area contributed by atoms with Crippen LogP contribution in [0.15, 0.2) is 24.5 Å². The molecule has 1 atom stereocenters. The van der Waals surface area contributed by atoms with Crippen LogP contribution in [-0.2, 0) is 11.3 Å². The lowest BCUT2D eigenvalue weighted by Gasteiger charge is -2.44. The lowest BCUT2D eigenvalue weighted by molar-refractivity contribution is -0.00556. The van der Waals surface area contributed by atoms with E-state index in [0.29, 0.717) is 19.1 Å². The normalized spacial score (nSPS) is 15.1. The van der Waals surface area contributed by atoms with Gasteiger partial charge in [-0.3, -0.25) is 9.88 Å². The van der Waals surface area contributed by atoms with Gasteiger partial charge in [0.2, 0.25) is 0 Å². The maximum atomic E-state index is 6.02. The first kappa shape index (κ1) is 15.1. The maximum absolute atomic E-state index is 6.02. The van der Waals surface area contributed by atoms with Crippen molar-refractivity contribution < 1.29 is 4.74 Å². The number of methoxy groups -OCH3 is 1. The SMILES string of the molecule is COCC(CN)(C(C)C)N(C)Cc1ccncc1. The quantitative estimate of drug-likeness (QED) is 0.798. The van der Waals surface area contributed by atoms with Crippen molar-refractivity contribution in [3.05, 3.63) is 30.1 Å². The zero-order chi connectivity index (χ0) is 13.6. The Morgan fingerprint density at radius 3 is 2.44 bits per heavy atom. The average molecular weight is 251 g/mol. The van der Waals surface area contributed by atoms with Gasteiger partial charge in [0.15, 0.2) is 0 Å². The molecule has 0 bridgehead atoms. The summed E-state index contributed by atoms with van der Waals surface area (Å²) in [6.07, 6.45) is 3.64. The van der Waals surface area contributed by atoms with Crippen LogP contribution in [0.4, 0.5) is 0 Å². The number of nitrogens with zero attached hydrogens (tertiary/aromatic N) is 2. The number of nitrogens with two attached hydrogens (primary N) is 1. The second-order valence-electron chi connectivity index (χ2n) is 5.11. The molecule has 1 rings (SSSR count). The summed E-state index contributed by atoms with van der Waals surface area (Å²) in [5.74, 6) is 0.425. The molecule has 1 unspecified atom stereocenters. The fourth-order valence-corrected chi connectivity index (χ4v) is 2.34. The molecule has 4 nitrogen and oxygen atoms in total. The number of likely N-dealkylation sites (N-methyl/N-ethyl adjacent to an activating group) is 1. The molecule has 4 heteroatoms. The van der Waals surface area contributed by atoms with Gasteiger partial charge in [-0.05, 0) is 30.7 Å². The topological polar surface area (TPSA) is 51.4 Å². The van der Waals surface area contributed by atoms with E-state index in [-0.39, 0.29) is 5.54 Å². The molecule has 0 saturated carbocycles. The van der Waals surface area contributed by atoms with Crippen LogP contribution in [0.25, 0.3) is 0 Å². The van der Waals surface area contributed by atoms with Crippen LogP contribution in [0.2, 0.25) is 0 Å². The summed E-state index contributed by atoms with van der Waals surface area (Å²) in [5.41, 5.74) is 7.13. The summed E-state index contributed by atoms with van der Waals surface area (Å²) >= 11 is 0. The fourth-order valence-electron chi connectivity index (χ4n) is 2.34. The average Bonchev–Trinajstić information content (AvgIpc) is 2.36. The lowest BCUT2D eigenvalue weighted by atomic mass is 9.85. The van der Waals surface area contributed by atoms with Crippen molar-refractivity contribution in [1.29, 1.82) is 0 Å². The summed E-state index contributed by atoms with van der Waals surface area (Å²) < 4.78 is 5.38. The van der Waals surface area contributed by atoms with Crippen LogP contribution in [0.1, 0.15) is 19.4 Å². The standard InChI is InChI=1S/C14H25N3O/c1-12(2)14(10-15,11-18-4)17(3)9-13-5-7-16-8-6-13/h5-8,12H,9-11,15H2,1-4H3. The Bertz CT molecular complexity index is 342. The van der Waals surface area contributed by atoms with Gasteiger partial charge in [0.05, 0.1) is 12.1 Å². The second kappa shape index (κ2) is 6.83. The predicted octanol–water partition coefficient (Wildman–Crippen LogP) is 1.51. The highest BCUT2D eigenvalue weighted by atomic mass is 16.5. The number of aromatic nitrogens is 1. The minimum absolute atomic E-state index is 0.127. The van der Waals surface area contributed by atoms with Gasteiger partial charge in [-0.25, -0.2) is 0 Å². The first-order chi connectivity index (χ1) is 8.56. The molecule has 0 amide bonds. The van der Waals surface area contributed by atoms with E-state index < -0.39 is 0 Å². The predicted molar refractivity (Wildman–Crippen MR) is 74.2 cm³/mol. The first-order valence-corrected chi connectivity index (χ1v) is 6.36. The lowest BCUT2D eigenvalue weighted by Crippen LogP contribution is -2.58. The maximum Gasteiger partial charge on any atom is 0.0661 e. The highest BCUT2D eigenvalue weighted by Crippen LogP contribution is 2.25. The van der Waals surface area contributed by atoms with Crippen LogP contribution in [0, 0.1) is 5.92 Å². The Balaban J connectivity index is 2.85. The zero-order valence-corrected chi connectivity index (χ0v) is 11.9. The molecule has 0 aliphatic rings. The van der Waals surface area contributed by atoms with E-state index in [2.05, 4.69) is 30.8 Å². The van der Waals surface area contributed by atoms with Crippen molar-refractivity contribution in [3.8, 4) is 0 Å². The van der Waals surface area contributed by atoms with E-state index in [9.17, 15) is 0 Å². The molecule has 1 heterocycles. The first-order valence-electron chi connectivity index (χ1n) is 6.36. The highest BCUT2D eigenvalue weighted by Gasteiger charge is 2.36. The van der Waals surface area contributed by atoms with Gasteiger partial charge in [0.25, 0.3) is 0 Å². The largest absolute Gasteiger partial charge is 0.383 e. The number of ether oxygens (including phenoxy) is 1. The van der Waals surface area contributed by atoms with Gasteiger partial charge in [-0.1, -0.05) is 13.8 Å². The molecule has 0 spiro atoms.